The van der Waals surface area contributed by atoms with Gasteiger partial charge in [-0.05, 0) is 48.2 Å². The summed E-state index contributed by atoms with van der Waals surface area (Å²) in [5.74, 6) is -2.20. The number of aromatic nitrogens is 1. The minimum absolute atomic E-state index is 0.0123. The Morgan fingerprint density at radius 3 is 2.43 bits per heavy atom. The lowest BCUT2D eigenvalue weighted by Crippen LogP contribution is -2.26. The lowest BCUT2D eigenvalue weighted by atomic mass is 10.1. The molecule has 0 fully saturated rings. The molecule has 3 rings (SSSR count). The first-order chi connectivity index (χ1) is 16.6. The number of hydrogen-bond donors (Lipinski definition) is 1. The fourth-order valence-electron chi connectivity index (χ4n) is 3.28. The number of hydrogen-bond acceptors (Lipinski definition) is 4. The molecule has 0 atom stereocenters. The Balaban J connectivity index is 1.81. The highest BCUT2D eigenvalue weighted by Gasteiger charge is 2.19. The van der Waals surface area contributed by atoms with Gasteiger partial charge in [0.05, 0.1) is 6.61 Å². The van der Waals surface area contributed by atoms with E-state index < -0.39 is 34.8 Å². The van der Waals surface area contributed by atoms with E-state index in [1.54, 1.807) is 0 Å². The third-order valence-corrected chi connectivity index (χ3v) is 5.33. The van der Waals surface area contributed by atoms with Crippen LogP contribution in [0.25, 0.3) is 5.69 Å². The Morgan fingerprint density at radius 1 is 1.09 bits per heavy atom. The number of nitrogens with zero attached hydrogens (tertiary/aromatic N) is 1. The number of benzene rings is 2. The van der Waals surface area contributed by atoms with E-state index in [1.807, 2.05) is 13.8 Å². The zero-order valence-electron chi connectivity index (χ0n) is 19.3. The third kappa shape index (κ3) is 6.36. The second-order valence-electron chi connectivity index (χ2n) is 8.22. The Morgan fingerprint density at radius 2 is 1.77 bits per heavy atom. The molecule has 1 heterocycles. The Bertz CT molecular complexity index is 1270. The van der Waals surface area contributed by atoms with E-state index in [2.05, 4.69) is 5.32 Å². The molecule has 0 spiro atoms. The van der Waals surface area contributed by atoms with Gasteiger partial charge in [0.2, 0.25) is 0 Å². The summed E-state index contributed by atoms with van der Waals surface area (Å²) in [6.45, 7) is 5.38. The van der Waals surface area contributed by atoms with Crippen LogP contribution in [0.3, 0.4) is 0 Å². The number of amides is 1. The molecule has 1 amide bonds. The van der Waals surface area contributed by atoms with Crippen LogP contribution in [0.4, 0.5) is 18.0 Å². The van der Waals surface area contributed by atoms with Gasteiger partial charge in [0.25, 0.3) is 5.56 Å². The van der Waals surface area contributed by atoms with Crippen molar-refractivity contribution >= 4 is 17.7 Å². The number of pyridine rings is 1. The molecule has 0 unspecified atom stereocenters. The molecule has 0 aliphatic heterocycles. The number of rotatable bonds is 8. The zero-order chi connectivity index (χ0) is 25.7. The monoisotopic (exact) mass is 508 g/mol. The van der Waals surface area contributed by atoms with Crippen LogP contribution in [-0.4, -0.2) is 17.3 Å². The van der Waals surface area contributed by atoms with E-state index in [9.17, 15) is 22.8 Å². The predicted molar refractivity (Wildman–Crippen MR) is 125 cm³/mol. The minimum atomic E-state index is -0.921. The average Bonchev–Trinajstić information content (AvgIpc) is 2.80. The van der Waals surface area contributed by atoms with Gasteiger partial charge in [-0.2, -0.15) is 0 Å². The van der Waals surface area contributed by atoms with Crippen LogP contribution in [0.1, 0.15) is 30.7 Å². The fraction of sp³-hybridized carbons (Fsp3) is 0.280. The van der Waals surface area contributed by atoms with Gasteiger partial charge in [-0.1, -0.05) is 37.6 Å². The first-order valence-electron chi connectivity index (χ1n) is 10.8. The molecule has 0 aliphatic rings. The van der Waals surface area contributed by atoms with Crippen molar-refractivity contribution in [2.45, 2.75) is 33.9 Å². The lowest BCUT2D eigenvalue weighted by molar-refractivity contribution is 0.132. The number of ether oxygens (including phenoxy) is 2. The topological polar surface area (TPSA) is 69.6 Å². The molecule has 10 heteroatoms. The molecule has 6 nitrogen and oxygen atoms in total. The molecule has 186 valence electrons. The van der Waals surface area contributed by atoms with Crippen molar-refractivity contribution in [1.82, 2.24) is 9.88 Å². The van der Waals surface area contributed by atoms with Crippen molar-refractivity contribution in [2.75, 3.05) is 6.61 Å². The highest BCUT2D eigenvalue weighted by atomic mass is 35.5. The average molecular weight is 509 g/mol. The number of alkyl carbamates (subject to hydrolysis) is 1. The van der Waals surface area contributed by atoms with Crippen molar-refractivity contribution < 1.29 is 27.4 Å². The summed E-state index contributed by atoms with van der Waals surface area (Å²) < 4.78 is 53.9. The van der Waals surface area contributed by atoms with E-state index in [-0.39, 0.29) is 42.1 Å². The van der Waals surface area contributed by atoms with Crippen molar-refractivity contribution in [1.29, 1.82) is 0 Å². The maximum atomic E-state index is 14.2. The standard InChI is InChI=1S/C25H24ClF3N2O4/c1-14(2)12-35-25(33)30-11-17-10-18(27)8-7-16(17)13-34-21-9-15(3)31(24(32)22(21)26)23-19(28)5-4-6-20(23)29/h4-10,14H,11-13H2,1-3H3,(H,30,33). The summed E-state index contributed by atoms with van der Waals surface area (Å²) in [6, 6.07) is 8.57. The highest BCUT2D eigenvalue weighted by molar-refractivity contribution is 6.31. The number of nitrogens with one attached hydrogen (secondary N) is 1. The fourth-order valence-corrected chi connectivity index (χ4v) is 3.48. The number of carbonyl (C=O) groups is 1. The maximum absolute atomic E-state index is 14.2. The summed E-state index contributed by atoms with van der Waals surface area (Å²) in [4.78, 5) is 24.7. The van der Waals surface area contributed by atoms with E-state index in [4.69, 9.17) is 21.1 Å². The normalized spacial score (nSPS) is 11.0. The van der Waals surface area contributed by atoms with Crippen LogP contribution in [0, 0.1) is 30.3 Å². The van der Waals surface area contributed by atoms with Crippen molar-refractivity contribution in [3.8, 4) is 11.4 Å². The molecule has 0 radical (unpaired) electrons. The molecule has 2 aromatic carbocycles. The molecule has 35 heavy (non-hydrogen) atoms. The predicted octanol–water partition coefficient (Wildman–Crippen LogP) is 5.68. The number of aryl methyl sites for hydroxylation is 1. The number of carbonyl (C=O) groups excluding carboxylic acids is 1. The summed E-state index contributed by atoms with van der Waals surface area (Å²) in [5.41, 5.74) is -0.263. The first-order valence-corrected chi connectivity index (χ1v) is 11.1. The smallest absolute Gasteiger partial charge is 0.407 e. The zero-order valence-corrected chi connectivity index (χ0v) is 20.1. The highest BCUT2D eigenvalue weighted by Crippen LogP contribution is 2.27. The van der Waals surface area contributed by atoms with Crippen molar-refractivity contribution in [2.24, 2.45) is 5.92 Å². The van der Waals surface area contributed by atoms with Crippen LogP contribution in [0.15, 0.2) is 47.3 Å². The summed E-state index contributed by atoms with van der Waals surface area (Å²) in [7, 11) is 0. The summed E-state index contributed by atoms with van der Waals surface area (Å²) in [5, 5.41) is 2.17. The van der Waals surface area contributed by atoms with Gasteiger partial charge < -0.3 is 14.8 Å². The summed E-state index contributed by atoms with van der Waals surface area (Å²) >= 11 is 6.18. The van der Waals surface area contributed by atoms with Crippen LogP contribution in [-0.2, 0) is 17.9 Å². The van der Waals surface area contributed by atoms with Gasteiger partial charge in [0, 0.05) is 18.3 Å². The van der Waals surface area contributed by atoms with Crippen LogP contribution < -0.4 is 15.6 Å². The van der Waals surface area contributed by atoms with E-state index >= 15 is 0 Å². The Labute approximate surface area is 205 Å². The first kappa shape index (κ1) is 26.2. The number of halogens is 4. The lowest BCUT2D eigenvalue weighted by Gasteiger charge is -2.16. The van der Waals surface area contributed by atoms with Crippen LogP contribution >= 0.6 is 11.6 Å². The second-order valence-corrected chi connectivity index (χ2v) is 8.60. The van der Waals surface area contributed by atoms with Gasteiger partial charge in [0.15, 0.2) is 0 Å². The van der Waals surface area contributed by atoms with Crippen molar-refractivity contribution in [3.63, 3.8) is 0 Å². The van der Waals surface area contributed by atoms with Gasteiger partial charge in [-0.15, -0.1) is 0 Å². The molecule has 1 N–H and O–H groups in total. The molecule has 0 saturated heterocycles. The molecule has 3 aromatic rings. The van der Waals surface area contributed by atoms with Gasteiger partial charge in [0.1, 0.15) is 40.5 Å². The largest absolute Gasteiger partial charge is 0.487 e. The second kappa shape index (κ2) is 11.3. The summed E-state index contributed by atoms with van der Waals surface area (Å²) in [6.07, 6.45) is -0.641. The van der Waals surface area contributed by atoms with Crippen LogP contribution in [0.2, 0.25) is 5.02 Å². The van der Waals surface area contributed by atoms with E-state index in [0.29, 0.717) is 11.1 Å². The van der Waals surface area contributed by atoms with Gasteiger partial charge >= 0.3 is 6.09 Å². The Kier molecular flexibility index (Phi) is 8.45. The molecule has 1 aromatic heterocycles. The minimum Gasteiger partial charge on any atom is -0.487 e. The van der Waals surface area contributed by atoms with Gasteiger partial charge in [-0.3, -0.25) is 9.36 Å². The Hall–Kier alpha value is -3.46. The third-order valence-electron chi connectivity index (χ3n) is 4.98. The SMILES string of the molecule is Cc1cc(OCc2ccc(F)cc2CNC(=O)OCC(C)C)c(Cl)c(=O)n1-c1c(F)cccc1F. The van der Waals surface area contributed by atoms with Gasteiger partial charge in [-0.25, -0.2) is 18.0 Å². The maximum Gasteiger partial charge on any atom is 0.407 e. The molecular formula is C25H24ClF3N2O4. The quantitative estimate of drug-likeness (QED) is 0.425. The van der Waals surface area contributed by atoms with Crippen LogP contribution in [0.5, 0.6) is 5.75 Å². The molecule has 0 saturated carbocycles. The van der Waals surface area contributed by atoms with E-state index in [0.717, 1.165) is 16.7 Å². The molecular weight excluding hydrogens is 485 g/mol. The molecule has 0 bridgehead atoms. The number of para-hydroxylation sites is 1. The van der Waals surface area contributed by atoms with E-state index in [1.165, 1.54) is 37.3 Å². The molecule has 0 aliphatic carbocycles. The van der Waals surface area contributed by atoms with Crippen molar-refractivity contribution in [3.05, 3.63) is 92.1 Å².